The monoisotopic (exact) mass is 310 g/mol. The maximum absolute atomic E-state index is 11.9. The Bertz CT molecular complexity index is 525. The topological polar surface area (TPSA) is 64.3 Å². The van der Waals surface area contributed by atoms with Crippen molar-refractivity contribution in [2.45, 2.75) is 39.0 Å². The molecule has 0 heterocycles. The quantitative estimate of drug-likeness (QED) is 0.635. The maximum atomic E-state index is 11.9. The number of carbonyl (C=O) groups is 1. The lowest BCUT2D eigenvalue weighted by molar-refractivity contribution is 0.0602. The van der Waals surface area contributed by atoms with Crippen LogP contribution in [0.1, 0.15) is 49.4 Å². The molecular formula is C16H23ClN2O2. The predicted octanol–water partition coefficient (Wildman–Crippen LogP) is 4.09. The number of benzene rings is 1. The van der Waals surface area contributed by atoms with Gasteiger partial charge in [-0.2, -0.15) is 0 Å². The third kappa shape index (κ3) is 3.43. The Morgan fingerprint density at radius 1 is 1.43 bits per heavy atom. The minimum atomic E-state index is -0.427. The summed E-state index contributed by atoms with van der Waals surface area (Å²) in [6, 6.07) is 3.26. The zero-order valence-electron chi connectivity index (χ0n) is 12.7. The molecule has 1 aromatic rings. The molecule has 116 valence electrons. The van der Waals surface area contributed by atoms with Crippen molar-refractivity contribution in [2.75, 3.05) is 24.7 Å². The zero-order valence-corrected chi connectivity index (χ0v) is 13.4. The molecule has 0 amide bonds. The minimum Gasteiger partial charge on any atom is -0.465 e. The summed E-state index contributed by atoms with van der Waals surface area (Å²) in [7, 11) is 1.35. The molecule has 0 saturated heterocycles. The molecular weight excluding hydrogens is 288 g/mol. The largest absolute Gasteiger partial charge is 0.465 e. The van der Waals surface area contributed by atoms with Crippen LogP contribution >= 0.6 is 11.6 Å². The first-order chi connectivity index (χ1) is 10.0. The molecule has 0 spiro atoms. The van der Waals surface area contributed by atoms with Gasteiger partial charge in [0.15, 0.2) is 0 Å². The highest BCUT2D eigenvalue weighted by molar-refractivity contribution is 6.34. The summed E-state index contributed by atoms with van der Waals surface area (Å²) < 4.78 is 4.82. The third-order valence-corrected chi connectivity index (χ3v) is 4.87. The average Bonchev–Trinajstić information content (AvgIpc) is 2.94. The molecule has 0 radical (unpaired) electrons. The van der Waals surface area contributed by atoms with Crippen molar-refractivity contribution in [3.63, 3.8) is 0 Å². The van der Waals surface area contributed by atoms with Gasteiger partial charge in [-0.3, -0.25) is 0 Å². The van der Waals surface area contributed by atoms with Gasteiger partial charge in [0.25, 0.3) is 0 Å². The number of anilines is 2. The summed E-state index contributed by atoms with van der Waals surface area (Å²) >= 11 is 6.26. The molecule has 0 bridgehead atoms. The molecule has 21 heavy (non-hydrogen) atoms. The normalized spacial score (nSPS) is 16.7. The van der Waals surface area contributed by atoms with E-state index in [1.54, 1.807) is 12.1 Å². The Labute approximate surface area is 131 Å². The first kappa shape index (κ1) is 16.0. The Morgan fingerprint density at radius 2 is 2.10 bits per heavy atom. The number of esters is 1. The van der Waals surface area contributed by atoms with Crippen LogP contribution in [-0.4, -0.2) is 19.6 Å². The highest BCUT2D eigenvalue weighted by Gasteiger charge is 2.32. The summed E-state index contributed by atoms with van der Waals surface area (Å²) in [5, 5.41) is 3.83. The first-order valence-corrected chi connectivity index (χ1v) is 7.80. The summed E-state index contributed by atoms with van der Waals surface area (Å²) in [6.07, 6.45) is 6.11. The van der Waals surface area contributed by atoms with Gasteiger partial charge in [0.05, 0.1) is 23.4 Å². The highest BCUT2D eigenvalue weighted by atomic mass is 35.5. The third-order valence-electron chi connectivity index (χ3n) is 4.57. The molecule has 0 unspecified atom stereocenters. The highest BCUT2D eigenvalue weighted by Crippen LogP contribution is 2.41. The Hall–Kier alpha value is -1.42. The molecule has 1 fully saturated rings. The number of halogens is 1. The summed E-state index contributed by atoms with van der Waals surface area (Å²) in [4.78, 5) is 11.9. The number of nitrogens with one attached hydrogen (secondary N) is 1. The van der Waals surface area contributed by atoms with Crippen LogP contribution in [0, 0.1) is 5.41 Å². The lowest BCUT2D eigenvalue weighted by Gasteiger charge is -2.29. The van der Waals surface area contributed by atoms with Crippen molar-refractivity contribution in [2.24, 2.45) is 5.41 Å². The smallest absolute Gasteiger partial charge is 0.340 e. The molecule has 1 aromatic carbocycles. The average molecular weight is 311 g/mol. The van der Waals surface area contributed by atoms with E-state index in [-0.39, 0.29) is 0 Å². The molecule has 3 N–H and O–H groups in total. The maximum Gasteiger partial charge on any atom is 0.340 e. The molecule has 0 atom stereocenters. The molecule has 4 nitrogen and oxygen atoms in total. The summed E-state index contributed by atoms with van der Waals surface area (Å²) in [6.45, 7) is 3.04. The van der Waals surface area contributed by atoms with Crippen molar-refractivity contribution < 1.29 is 9.53 Å². The molecule has 1 aliphatic carbocycles. The van der Waals surface area contributed by atoms with E-state index in [1.807, 2.05) is 0 Å². The molecule has 2 rings (SSSR count). The van der Waals surface area contributed by atoms with Crippen LogP contribution in [0.5, 0.6) is 0 Å². The Morgan fingerprint density at radius 3 is 2.67 bits per heavy atom. The van der Waals surface area contributed by atoms with Gasteiger partial charge in [0, 0.05) is 12.2 Å². The van der Waals surface area contributed by atoms with Crippen LogP contribution in [0.15, 0.2) is 12.1 Å². The Balaban J connectivity index is 2.24. The van der Waals surface area contributed by atoms with E-state index in [4.69, 9.17) is 22.1 Å². The number of nitrogen functional groups attached to an aromatic ring is 1. The zero-order chi connectivity index (χ0) is 15.5. The first-order valence-electron chi connectivity index (χ1n) is 7.42. The van der Waals surface area contributed by atoms with Crippen LogP contribution in [0.25, 0.3) is 0 Å². The van der Waals surface area contributed by atoms with Gasteiger partial charge in [-0.15, -0.1) is 0 Å². The molecule has 0 aromatic heterocycles. The SMILES string of the molecule is CCC1(CNc2c(Cl)cc(N)cc2C(=O)OC)CCCC1. The Kier molecular flexibility index (Phi) is 4.99. The number of ether oxygens (including phenoxy) is 1. The van der Waals surface area contributed by atoms with E-state index in [2.05, 4.69) is 12.2 Å². The van der Waals surface area contributed by atoms with Crippen molar-refractivity contribution in [3.8, 4) is 0 Å². The van der Waals surface area contributed by atoms with Gasteiger partial charge < -0.3 is 15.8 Å². The van der Waals surface area contributed by atoms with Crippen LogP contribution in [0.2, 0.25) is 5.02 Å². The van der Waals surface area contributed by atoms with Crippen molar-refractivity contribution in [1.82, 2.24) is 0 Å². The molecule has 0 aliphatic heterocycles. The number of hydrogen-bond donors (Lipinski definition) is 2. The second-order valence-corrected chi connectivity index (χ2v) is 6.24. The fraction of sp³-hybridized carbons (Fsp3) is 0.562. The van der Waals surface area contributed by atoms with E-state index in [1.165, 1.54) is 32.8 Å². The van der Waals surface area contributed by atoms with Gasteiger partial charge in [-0.05, 0) is 36.8 Å². The standard InChI is InChI=1S/C16H23ClN2O2/c1-3-16(6-4-5-7-16)10-19-14-12(15(20)21-2)8-11(18)9-13(14)17/h8-9,19H,3-7,10,18H2,1-2H3. The number of carbonyl (C=O) groups excluding carboxylic acids is 1. The van der Waals surface area contributed by atoms with Gasteiger partial charge in [-0.1, -0.05) is 31.4 Å². The molecule has 1 aliphatic rings. The molecule has 1 saturated carbocycles. The fourth-order valence-corrected chi connectivity index (χ4v) is 3.43. The van der Waals surface area contributed by atoms with Crippen molar-refractivity contribution >= 4 is 28.9 Å². The minimum absolute atomic E-state index is 0.304. The summed E-state index contributed by atoms with van der Waals surface area (Å²) in [5.41, 5.74) is 7.55. The number of hydrogen-bond acceptors (Lipinski definition) is 4. The van der Waals surface area contributed by atoms with Crippen molar-refractivity contribution in [1.29, 1.82) is 0 Å². The number of rotatable bonds is 5. The van der Waals surface area contributed by atoms with E-state index < -0.39 is 5.97 Å². The van der Waals surface area contributed by atoms with Gasteiger partial charge >= 0.3 is 5.97 Å². The van der Waals surface area contributed by atoms with Crippen molar-refractivity contribution in [3.05, 3.63) is 22.7 Å². The number of methoxy groups -OCH3 is 1. The summed E-state index contributed by atoms with van der Waals surface area (Å²) in [5.74, 6) is -0.427. The van der Waals surface area contributed by atoms with E-state index in [0.29, 0.717) is 27.4 Å². The van der Waals surface area contributed by atoms with Gasteiger partial charge in [0.2, 0.25) is 0 Å². The van der Waals surface area contributed by atoms with Crippen LogP contribution in [-0.2, 0) is 4.74 Å². The number of nitrogens with two attached hydrogens (primary N) is 1. The lowest BCUT2D eigenvalue weighted by Crippen LogP contribution is -2.26. The fourth-order valence-electron chi connectivity index (χ4n) is 3.13. The van der Waals surface area contributed by atoms with Crippen LogP contribution in [0.3, 0.4) is 0 Å². The second-order valence-electron chi connectivity index (χ2n) is 5.83. The van der Waals surface area contributed by atoms with Gasteiger partial charge in [0.1, 0.15) is 0 Å². The van der Waals surface area contributed by atoms with Gasteiger partial charge in [-0.25, -0.2) is 4.79 Å². The van der Waals surface area contributed by atoms with E-state index in [9.17, 15) is 4.79 Å². The van der Waals surface area contributed by atoms with E-state index in [0.717, 1.165) is 13.0 Å². The van der Waals surface area contributed by atoms with Crippen LogP contribution in [0.4, 0.5) is 11.4 Å². The lowest BCUT2D eigenvalue weighted by atomic mass is 9.83. The predicted molar refractivity (Wildman–Crippen MR) is 86.9 cm³/mol. The molecule has 5 heteroatoms. The van der Waals surface area contributed by atoms with E-state index >= 15 is 0 Å². The van der Waals surface area contributed by atoms with Crippen LogP contribution < -0.4 is 11.1 Å². The second kappa shape index (κ2) is 6.56.